The lowest BCUT2D eigenvalue weighted by Crippen LogP contribution is -2.30. The number of hydrazine groups is 1. The highest BCUT2D eigenvalue weighted by atomic mass is 35.5. The summed E-state index contributed by atoms with van der Waals surface area (Å²) in [6.45, 7) is 3.47. The van der Waals surface area contributed by atoms with Gasteiger partial charge in [-0.25, -0.2) is 0 Å². The van der Waals surface area contributed by atoms with Gasteiger partial charge in [-0.3, -0.25) is 16.0 Å². The van der Waals surface area contributed by atoms with Crippen molar-refractivity contribution >= 4 is 11.6 Å². The second-order valence-electron chi connectivity index (χ2n) is 4.31. The summed E-state index contributed by atoms with van der Waals surface area (Å²) in [5.74, 6) is 5.63. The molecule has 0 amide bonds. The van der Waals surface area contributed by atoms with E-state index in [1.165, 1.54) is 12.8 Å². The zero-order valence-electron chi connectivity index (χ0n) is 11.2. The van der Waals surface area contributed by atoms with E-state index in [0.717, 1.165) is 18.5 Å². The predicted molar refractivity (Wildman–Crippen MR) is 73.3 cm³/mol. The van der Waals surface area contributed by atoms with E-state index in [1.54, 1.807) is 13.3 Å². The largest absolute Gasteiger partial charge is 0.383 e. The maximum absolute atomic E-state index is 6.19. The third-order valence-corrected chi connectivity index (χ3v) is 3.26. The summed E-state index contributed by atoms with van der Waals surface area (Å²) in [5.41, 5.74) is 3.79. The zero-order chi connectivity index (χ0) is 13.4. The Morgan fingerprint density at radius 1 is 1.56 bits per heavy atom. The molecular formula is C12H23ClN4O. The lowest BCUT2D eigenvalue weighted by molar-refractivity contribution is 0.181. The molecule has 0 radical (unpaired) electrons. The Hall–Kier alpha value is -0.620. The standard InChI is InChI=1S/C12H23ClN4O/c1-3-4-5-6-11(16-14)12-10(13)9-15-17(12)7-8-18-2/h9,11,16H,3-8,14H2,1-2H3. The van der Waals surface area contributed by atoms with E-state index in [-0.39, 0.29) is 6.04 Å². The summed E-state index contributed by atoms with van der Waals surface area (Å²) >= 11 is 6.19. The Balaban J connectivity index is 2.73. The second kappa shape index (κ2) is 8.48. The van der Waals surface area contributed by atoms with Crippen molar-refractivity contribution in [1.82, 2.24) is 15.2 Å². The molecule has 0 aliphatic carbocycles. The van der Waals surface area contributed by atoms with Crippen LogP contribution in [-0.2, 0) is 11.3 Å². The van der Waals surface area contributed by atoms with E-state index in [4.69, 9.17) is 22.2 Å². The van der Waals surface area contributed by atoms with Crippen LogP contribution in [0.2, 0.25) is 5.02 Å². The number of unbranched alkanes of at least 4 members (excludes halogenated alkanes) is 2. The van der Waals surface area contributed by atoms with E-state index in [2.05, 4.69) is 17.4 Å². The van der Waals surface area contributed by atoms with Gasteiger partial charge < -0.3 is 4.74 Å². The molecule has 0 spiro atoms. The number of rotatable bonds is 9. The van der Waals surface area contributed by atoms with Crippen molar-refractivity contribution in [3.05, 3.63) is 16.9 Å². The van der Waals surface area contributed by atoms with Gasteiger partial charge in [-0.05, 0) is 6.42 Å². The molecule has 0 bridgehead atoms. The fourth-order valence-electron chi connectivity index (χ4n) is 1.97. The van der Waals surface area contributed by atoms with E-state index in [9.17, 15) is 0 Å². The molecule has 1 aromatic rings. The van der Waals surface area contributed by atoms with Crippen LogP contribution >= 0.6 is 11.6 Å². The van der Waals surface area contributed by atoms with Gasteiger partial charge in [-0.2, -0.15) is 5.10 Å². The molecular weight excluding hydrogens is 252 g/mol. The molecule has 104 valence electrons. The SMILES string of the molecule is CCCCCC(NN)c1c(Cl)cnn1CCOC. The van der Waals surface area contributed by atoms with Crippen molar-refractivity contribution in [2.45, 2.75) is 45.2 Å². The van der Waals surface area contributed by atoms with E-state index >= 15 is 0 Å². The minimum atomic E-state index is 0.0448. The molecule has 0 saturated heterocycles. The Bertz CT molecular complexity index is 343. The van der Waals surface area contributed by atoms with Crippen LogP contribution in [0.5, 0.6) is 0 Å². The first-order chi connectivity index (χ1) is 8.74. The first kappa shape index (κ1) is 15.4. The van der Waals surface area contributed by atoms with Crippen molar-refractivity contribution in [3.8, 4) is 0 Å². The van der Waals surface area contributed by atoms with Gasteiger partial charge in [0.1, 0.15) is 0 Å². The quantitative estimate of drug-likeness (QED) is 0.412. The number of nitrogens with one attached hydrogen (secondary N) is 1. The summed E-state index contributed by atoms with van der Waals surface area (Å²) in [7, 11) is 1.67. The minimum absolute atomic E-state index is 0.0448. The lowest BCUT2D eigenvalue weighted by Gasteiger charge is -2.18. The summed E-state index contributed by atoms with van der Waals surface area (Å²) in [5, 5.41) is 4.92. The van der Waals surface area contributed by atoms with Crippen LogP contribution in [-0.4, -0.2) is 23.5 Å². The Labute approximate surface area is 114 Å². The molecule has 3 N–H and O–H groups in total. The summed E-state index contributed by atoms with van der Waals surface area (Å²) in [6, 6.07) is 0.0448. The van der Waals surface area contributed by atoms with Crippen LogP contribution in [0.4, 0.5) is 0 Å². The topological polar surface area (TPSA) is 65.1 Å². The van der Waals surface area contributed by atoms with Gasteiger partial charge in [-0.15, -0.1) is 0 Å². The number of hydrogen-bond acceptors (Lipinski definition) is 4. The van der Waals surface area contributed by atoms with Gasteiger partial charge >= 0.3 is 0 Å². The number of hydrogen-bond donors (Lipinski definition) is 2. The van der Waals surface area contributed by atoms with Gasteiger partial charge in [0.15, 0.2) is 0 Å². The highest BCUT2D eigenvalue weighted by Gasteiger charge is 2.18. The van der Waals surface area contributed by atoms with Crippen molar-refractivity contribution < 1.29 is 4.74 Å². The third kappa shape index (κ3) is 4.24. The fraction of sp³-hybridized carbons (Fsp3) is 0.750. The molecule has 1 rings (SSSR count). The number of halogens is 1. The lowest BCUT2D eigenvalue weighted by atomic mass is 10.1. The molecule has 0 aliphatic heterocycles. The van der Waals surface area contributed by atoms with Gasteiger partial charge in [0.25, 0.3) is 0 Å². The van der Waals surface area contributed by atoms with Gasteiger partial charge in [0, 0.05) is 7.11 Å². The minimum Gasteiger partial charge on any atom is -0.383 e. The first-order valence-electron chi connectivity index (χ1n) is 6.40. The Morgan fingerprint density at radius 3 is 2.94 bits per heavy atom. The summed E-state index contributed by atoms with van der Waals surface area (Å²) in [4.78, 5) is 0. The average molecular weight is 275 g/mol. The molecule has 1 atom stereocenters. The summed E-state index contributed by atoms with van der Waals surface area (Å²) in [6.07, 6.45) is 6.13. The van der Waals surface area contributed by atoms with Gasteiger partial charge in [0.05, 0.1) is 36.1 Å². The number of ether oxygens (including phenoxy) is 1. The van der Waals surface area contributed by atoms with Crippen molar-refractivity contribution in [3.63, 3.8) is 0 Å². The number of nitrogens with zero attached hydrogens (tertiary/aromatic N) is 2. The number of methoxy groups -OCH3 is 1. The molecule has 6 heteroatoms. The zero-order valence-corrected chi connectivity index (χ0v) is 11.9. The number of nitrogens with two attached hydrogens (primary N) is 1. The van der Waals surface area contributed by atoms with E-state index in [0.29, 0.717) is 18.2 Å². The van der Waals surface area contributed by atoms with Crippen molar-refractivity contribution in [1.29, 1.82) is 0 Å². The van der Waals surface area contributed by atoms with Crippen molar-refractivity contribution in [2.24, 2.45) is 5.84 Å². The molecule has 0 saturated carbocycles. The van der Waals surface area contributed by atoms with Crippen LogP contribution in [0.3, 0.4) is 0 Å². The van der Waals surface area contributed by atoms with Crippen molar-refractivity contribution in [2.75, 3.05) is 13.7 Å². The Morgan fingerprint density at radius 2 is 2.33 bits per heavy atom. The van der Waals surface area contributed by atoms with Gasteiger partial charge in [-0.1, -0.05) is 37.8 Å². The van der Waals surface area contributed by atoms with Crippen LogP contribution in [0, 0.1) is 0 Å². The smallest absolute Gasteiger partial charge is 0.0834 e. The van der Waals surface area contributed by atoms with Crippen LogP contribution < -0.4 is 11.3 Å². The highest BCUT2D eigenvalue weighted by Crippen LogP contribution is 2.26. The van der Waals surface area contributed by atoms with Crippen LogP contribution in [0.1, 0.15) is 44.3 Å². The molecule has 1 heterocycles. The average Bonchev–Trinajstić information content (AvgIpc) is 2.74. The molecule has 18 heavy (non-hydrogen) atoms. The molecule has 0 aliphatic rings. The number of aromatic nitrogens is 2. The maximum atomic E-state index is 6.19. The molecule has 0 aromatic carbocycles. The predicted octanol–water partition coefficient (Wildman–Crippen LogP) is 2.27. The fourth-order valence-corrected chi connectivity index (χ4v) is 2.24. The normalized spacial score (nSPS) is 12.9. The van der Waals surface area contributed by atoms with E-state index in [1.807, 2.05) is 4.68 Å². The highest BCUT2D eigenvalue weighted by molar-refractivity contribution is 6.31. The van der Waals surface area contributed by atoms with Gasteiger partial charge in [0.2, 0.25) is 0 Å². The second-order valence-corrected chi connectivity index (χ2v) is 4.72. The molecule has 0 fully saturated rings. The third-order valence-electron chi connectivity index (χ3n) is 2.97. The Kier molecular flexibility index (Phi) is 7.27. The van der Waals surface area contributed by atoms with Crippen LogP contribution in [0.15, 0.2) is 6.20 Å². The molecule has 1 aromatic heterocycles. The van der Waals surface area contributed by atoms with Crippen LogP contribution in [0.25, 0.3) is 0 Å². The first-order valence-corrected chi connectivity index (χ1v) is 6.78. The molecule has 1 unspecified atom stereocenters. The summed E-state index contributed by atoms with van der Waals surface area (Å²) < 4.78 is 6.93. The van der Waals surface area contributed by atoms with E-state index < -0.39 is 0 Å². The molecule has 5 nitrogen and oxygen atoms in total. The maximum Gasteiger partial charge on any atom is 0.0834 e. The monoisotopic (exact) mass is 274 g/mol.